The summed E-state index contributed by atoms with van der Waals surface area (Å²) >= 11 is 0. The van der Waals surface area contributed by atoms with Crippen LogP contribution in [-0.2, 0) is 4.79 Å². The second kappa shape index (κ2) is 10.7. The Balaban J connectivity index is 0.00000180. The Hall–Kier alpha value is -0.0300. The van der Waals surface area contributed by atoms with Crippen molar-refractivity contribution in [2.45, 2.75) is 45.1 Å². The number of carbonyl (C=O) groups excluding carboxylic acids is 1. The van der Waals surface area contributed by atoms with Crippen molar-refractivity contribution in [2.75, 3.05) is 32.7 Å². The molecule has 0 bridgehead atoms. The molecular formula is C14H29Cl2N3O. The highest BCUT2D eigenvalue weighted by atomic mass is 35.5. The first-order valence-electron chi connectivity index (χ1n) is 7.49. The minimum absolute atomic E-state index is 0. The van der Waals surface area contributed by atoms with Gasteiger partial charge in [-0.3, -0.25) is 4.79 Å². The molecule has 1 amide bonds. The average Bonchev–Trinajstić information content (AvgIpc) is 2.90. The smallest absolute Gasteiger partial charge is 0.237 e. The van der Waals surface area contributed by atoms with Crippen molar-refractivity contribution < 1.29 is 4.79 Å². The Morgan fingerprint density at radius 2 is 1.95 bits per heavy atom. The van der Waals surface area contributed by atoms with Crippen molar-refractivity contribution in [3.8, 4) is 0 Å². The van der Waals surface area contributed by atoms with Crippen LogP contribution in [0.4, 0.5) is 0 Å². The molecule has 2 unspecified atom stereocenters. The van der Waals surface area contributed by atoms with Gasteiger partial charge in [-0.25, -0.2) is 0 Å². The number of hydrogen-bond acceptors (Lipinski definition) is 3. The van der Waals surface area contributed by atoms with E-state index in [-0.39, 0.29) is 36.8 Å². The first-order chi connectivity index (χ1) is 8.75. The molecule has 4 nitrogen and oxygen atoms in total. The van der Waals surface area contributed by atoms with Crippen LogP contribution in [0.15, 0.2) is 0 Å². The van der Waals surface area contributed by atoms with E-state index < -0.39 is 0 Å². The summed E-state index contributed by atoms with van der Waals surface area (Å²) in [6, 6.07) is 0.0535. The summed E-state index contributed by atoms with van der Waals surface area (Å²) in [5, 5.41) is 6.39. The molecule has 0 aliphatic carbocycles. The van der Waals surface area contributed by atoms with Crippen LogP contribution in [0.1, 0.15) is 39.0 Å². The van der Waals surface area contributed by atoms with Crippen molar-refractivity contribution in [3.63, 3.8) is 0 Å². The fourth-order valence-corrected chi connectivity index (χ4v) is 2.94. The number of amides is 1. The molecule has 2 aliphatic rings. The Morgan fingerprint density at radius 3 is 2.55 bits per heavy atom. The summed E-state index contributed by atoms with van der Waals surface area (Å²) < 4.78 is 0. The maximum Gasteiger partial charge on any atom is 0.237 e. The van der Waals surface area contributed by atoms with Gasteiger partial charge in [0.05, 0.1) is 6.04 Å². The molecule has 0 radical (unpaired) electrons. The Morgan fingerprint density at radius 1 is 1.25 bits per heavy atom. The molecule has 2 N–H and O–H groups in total. The Bertz CT molecular complexity index is 267. The van der Waals surface area contributed by atoms with Crippen molar-refractivity contribution in [1.82, 2.24) is 15.5 Å². The molecule has 6 heteroatoms. The fraction of sp³-hybridized carbons (Fsp3) is 0.929. The highest BCUT2D eigenvalue weighted by Crippen LogP contribution is 2.10. The molecule has 2 saturated heterocycles. The van der Waals surface area contributed by atoms with Gasteiger partial charge >= 0.3 is 0 Å². The SMILES string of the molecule is CC(CNC(=O)C1CCCCN1)CN1CCCC1.Cl.Cl. The zero-order valence-corrected chi connectivity index (χ0v) is 14.0. The molecule has 2 aliphatic heterocycles. The number of nitrogens with zero attached hydrogens (tertiary/aromatic N) is 1. The molecule has 20 heavy (non-hydrogen) atoms. The normalized spacial score (nSPS) is 24.4. The van der Waals surface area contributed by atoms with Crippen molar-refractivity contribution in [2.24, 2.45) is 5.92 Å². The Labute approximate surface area is 135 Å². The first-order valence-corrected chi connectivity index (χ1v) is 7.49. The lowest BCUT2D eigenvalue weighted by Gasteiger charge is -2.24. The molecule has 0 aromatic carbocycles. The maximum absolute atomic E-state index is 12.0. The lowest BCUT2D eigenvalue weighted by Crippen LogP contribution is -2.48. The predicted octanol–water partition coefficient (Wildman–Crippen LogP) is 1.82. The first kappa shape index (κ1) is 20.0. The summed E-state index contributed by atoms with van der Waals surface area (Å²) in [4.78, 5) is 14.5. The van der Waals surface area contributed by atoms with Gasteiger partial charge in [-0.1, -0.05) is 13.3 Å². The number of carbonyl (C=O) groups is 1. The van der Waals surface area contributed by atoms with Crippen LogP contribution in [0.5, 0.6) is 0 Å². The van der Waals surface area contributed by atoms with E-state index in [9.17, 15) is 4.79 Å². The summed E-state index contributed by atoms with van der Waals surface area (Å²) in [5.41, 5.74) is 0. The number of nitrogens with one attached hydrogen (secondary N) is 2. The van der Waals surface area contributed by atoms with E-state index in [1.54, 1.807) is 0 Å². The van der Waals surface area contributed by atoms with Gasteiger partial charge < -0.3 is 15.5 Å². The van der Waals surface area contributed by atoms with E-state index >= 15 is 0 Å². The van der Waals surface area contributed by atoms with E-state index in [1.165, 1.54) is 38.8 Å². The quantitative estimate of drug-likeness (QED) is 0.810. The van der Waals surface area contributed by atoms with Crippen LogP contribution in [0, 0.1) is 5.92 Å². The number of piperidine rings is 1. The zero-order chi connectivity index (χ0) is 12.8. The molecule has 2 fully saturated rings. The van der Waals surface area contributed by atoms with Crippen molar-refractivity contribution in [1.29, 1.82) is 0 Å². The summed E-state index contributed by atoms with van der Waals surface area (Å²) in [5.74, 6) is 0.749. The average molecular weight is 326 g/mol. The maximum atomic E-state index is 12.0. The van der Waals surface area contributed by atoms with Crippen LogP contribution in [0.3, 0.4) is 0 Å². The third-order valence-electron chi connectivity index (χ3n) is 4.02. The molecular weight excluding hydrogens is 297 g/mol. The number of halogens is 2. The van der Waals surface area contributed by atoms with Crippen molar-refractivity contribution in [3.05, 3.63) is 0 Å². The van der Waals surface area contributed by atoms with Crippen LogP contribution in [-0.4, -0.2) is 49.6 Å². The van der Waals surface area contributed by atoms with E-state index in [0.717, 1.165) is 26.1 Å². The van der Waals surface area contributed by atoms with Crippen LogP contribution < -0.4 is 10.6 Å². The molecule has 2 atom stereocenters. The number of likely N-dealkylation sites (tertiary alicyclic amines) is 1. The standard InChI is InChI=1S/C14H27N3O.2ClH/c1-12(11-17-8-4-5-9-17)10-16-14(18)13-6-2-3-7-15-13;;/h12-13,15H,2-11H2,1H3,(H,16,18);2*1H. The molecule has 0 aromatic rings. The third-order valence-corrected chi connectivity index (χ3v) is 4.02. The summed E-state index contributed by atoms with van der Waals surface area (Å²) in [6.45, 7) is 7.63. The van der Waals surface area contributed by atoms with E-state index in [1.807, 2.05) is 0 Å². The molecule has 0 spiro atoms. The lowest BCUT2D eigenvalue weighted by atomic mass is 10.0. The monoisotopic (exact) mass is 325 g/mol. The topological polar surface area (TPSA) is 44.4 Å². The minimum Gasteiger partial charge on any atom is -0.354 e. The van der Waals surface area contributed by atoms with Crippen LogP contribution in [0.2, 0.25) is 0 Å². The van der Waals surface area contributed by atoms with Gasteiger partial charge in [-0.2, -0.15) is 0 Å². The number of hydrogen-bond donors (Lipinski definition) is 2. The van der Waals surface area contributed by atoms with Gasteiger partial charge in [-0.05, 0) is 51.2 Å². The molecule has 2 rings (SSSR count). The minimum atomic E-state index is 0. The largest absolute Gasteiger partial charge is 0.354 e. The van der Waals surface area contributed by atoms with Gasteiger partial charge in [-0.15, -0.1) is 24.8 Å². The lowest BCUT2D eigenvalue weighted by molar-refractivity contribution is -0.123. The second-order valence-corrected chi connectivity index (χ2v) is 5.86. The van der Waals surface area contributed by atoms with E-state index in [4.69, 9.17) is 0 Å². The third kappa shape index (κ3) is 6.61. The van der Waals surface area contributed by atoms with E-state index in [2.05, 4.69) is 22.5 Å². The van der Waals surface area contributed by atoms with Gasteiger partial charge in [0, 0.05) is 13.1 Å². The summed E-state index contributed by atoms with van der Waals surface area (Å²) in [7, 11) is 0. The predicted molar refractivity (Wildman–Crippen MR) is 88.0 cm³/mol. The fourth-order valence-electron chi connectivity index (χ4n) is 2.94. The van der Waals surface area contributed by atoms with Gasteiger partial charge in [0.1, 0.15) is 0 Å². The van der Waals surface area contributed by atoms with Gasteiger partial charge in [0.15, 0.2) is 0 Å². The highest BCUT2D eigenvalue weighted by molar-refractivity contribution is 5.85. The molecule has 2 heterocycles. The van der Waals surface area contributed by atoms with Gasteiger partial charge in [0.2, 0.25) is 5.91 Å². The number of rotatable bonds is 5. The highest BCUT2D eigenvalue weighted by Gasteiger charge is 2.21. The molecule has 0 saturated carbocycles. The summed E-state index contributed by atoms with van der Waals surface area (Å²) in [6.07, 6.45) is 6.05. The second-order valence-electron chi connectivity index (χ2n) is 5.86. The van der Waals surface area contributed by atoms with Crippen LogP contribution >= 0.6 is 24.8 Å². The molecule has 0 aromatic heterocycles. The van der Waals surface area contributed by atoms with Crippen molar-refractivity contribution >= 4 is 30.7 Å². The van der Waals surface area contributed by atoms with Gasteiger partial charge in [0.25, 0.3) is 0 Å². The Kier molecular flexibility index (Phi) is 10.6. The zero-order valence-electron chi connectivity index (χ0n) is 12.4. The molecule has 120 valence electrons. The van der Waals surface area contributed by atoms with E-state index in [0.29, 0.717) is 5.92 Å². The van der Waals surface area contributed by atoms with Crippen LogP contribution in [0.25, 0.3) is 0 Å².